The van der Waals surface area contributed by atoms with Crippen molar-refractivity contribution in [3.05, 3.63) is 65.9 Å². The summed E-state index contributed by atoms with van der Waals surface area (Å²) < 4.78 is 51.8. The van der Waals surface area contributed by atoms with Crippen LogP contribution in [0.15, 0.2) is 48.8 Å². The number of rotatable bonds is 2. The van der Waals surface area contributed by atoms with E-state index >= 15 is 0 Å². The van der Waals surface area contributed by atoms with Gasteiger partial charge in [0.15, 0.2) is 0 Å². The van der Waals surface area contributed by atoms with Gasteiger partial charge < -0.3 is 9.72 Å². The van der Waals surface area contributed by atoms with Crippen molar-refractivity contribution in [2.45, 2.75) is 6.18 Å². The third kappa shape index (κ3) is 3.15. The number of halogens is 4. The molecule has 0 fully saturated rings. The molecule has 0 unspecified atom stereocenters. The van der Waals surface area contributed by atoms with Crippen LogP contribution in [0, 0.1) is 5.82 Å². The van der Waals surface area contributed by atoms with Crippen molar-refractivity contribution in [1.82, 2.24) is 9.38 Å². The molecule has 4 nitrogen and oxygen atoms in total. The average Bonchev–Trinajstić information content (AvgIpc) is 2.90. The highest BCUT2D eigenvalue weighted by atomic mass is 19.4. The summed E-state index contributed by atoms with van der Waals surface area (Å²) in [5.74, 6) is -1.08. The number of nitrogens with one attached hydrogen (secondary N) is 1. The molecule has 0 atom stereocenters. The van der Waals surface area contributed by atoms with Crippen molar-refractivity contribution in [1.29, 1.82) is 0 Å². The number of hydrogen-bond acceptors (Lipinski definition) is 2. The van der Waals surface area contributed by atoms with Gasteiger partial charge >= 0.3 is 6.18 Å². The summed E-state index contributed by atoms with van der Waals surface area (Å²) in [6, 6.07) is 6.65. The van der Waals surface area contributed by atoms with Crippen molar-refractivity contribution >= 4 is 17.2 Å². The average molecular weight is 323 g/mol. The number of benzene rings is 1. The largest absolute Gasteiger partial charge is 0.416 e. The van der Waals surface area contributed by atoms with E-state index in [0.717, 1.165) is 30.5 Å². The van der Waals surface area contributed by atoms with Gasteiger partial charge in [0.2, 0.25) is 0 Å². The second-order valence-corrected chi connectivity index (χ2v) is 4.77. The molecule has 3 aromatic rings. The molecule has 0 spiro atoms. The van der Waals surface area contributed by atoms with Gasteiger partial charge in [0.05, 0.1) is 5.56 Å². The Kier molecular flexibility index (Phi) is 3.51. The Labute approximate surface area is 127 Å². The van der Waals surface area contributed by atoms with Crippen LogP contribution in [0.1, 0.15) is 16.1 Å². The fraction of sp³-hybridized carbons (Fsp3) is 0.0667. The van der Waals surface area contributed by atoms with Crippen LogP contribution in [-0.2, 0) is 6.18 Å². The number of fused-ring (bicyclic) bond motifs is 1. The van der Waals surface area contributed by atoms with Crippen molar-refractivity contribution in [2.75, 3.05) is 5.32 Å². The fourth-order valence-electron chi connectivity index (χ4n) is 2.01. The number of pyridine rings is 1. The van der Waals surface area contributed by atoms with Crippen LogP contribution < -0.4 is 5.32 Å². The number of hydrogen-bond donors (Lipinski definition) is 1. The van der Waals surface area contributed by atoms with E-state index in [1.54, 1.807) is 0 Å². The summed E-state index contributed by atoms with van der Waals surface area (Å²) in [6.45, 7) is 0. The Morgan fingerprint density at radius 3 is 2.39 bits per heavy atom. The number of carbonyl (C=O) groups is 1. The lowest BCUT2D eigenvalue weighted by molar-refractivity contribution is -0.137. The van der Waals surface area contributed by atoms with Gasteiger partial charge in [-0.05, 0) is 36.4 Å². The number of anilines is 1. The molecule has 0 saturated heterocycles. The molecule has 1 amide bonds. The second-order valence-electron chi connectivity index (χ2n) is 4.77. The lowest BCUT2D eigenvalue weighted by Gasteiger charge is -2.08. The SMILES string of the molecule is O=C(Nc1ccc(C(F)(F)F)cc1)c1cn2cc(F)ccc2n1. The smallest absolute Gasteiger partial charge is 0.321 e. The van der Waals surface area contributed by atoms with E-state index < -0.39 is 23.5 Å². The van der Waals surface area contributed by atoms with Crippen molar-refractivity contribution in [2.24, 2.45) is 0 Å². The van der Waals surface area contributed by atoms with Gasteiger partial charge in [-0.2, -0.15) is 13.2 Å². The van der Waals surface area contributed by atoms with Gasteiger partial charge in [-0.15, -0.1) is 0 Å². The van der Waals surface area contributed by atoms with E-state index in [1.165, 1.54) is 22.7 Å². The summed E-state index contributed by atoms with van der Waals surface area (Å²) >= 11 is 0. The minimum absolute atomic E-state index is 0.0236. The predicted octanol–water partition coefficient (Wildman–Crippen LogP) is 3.74. The molecule has 0 aliphatic rings. The third-order valence-electron chi connectivity index (χ3n) is 3.12. The highest BCUT2D eigenvalue weighted by molar-refractivity contribution is 6.03. The summed E-state index contributed by atoms with van der Waals surface area (Å²) in [4.78, 5) is 16.1. The molecule has 3 rings (SSSR count). The molecule has 0 saturated carbocycles. The molecule has 1 aromatic carbocycles. The molecule has 0 aliphatic carbocycles. The van der Waals surface area contributed by atoms with Gasteiger partial charge in [-0.3, -0.25) is 4.79 Å². The normalized spacial score (nSPS) is 11.7. The van der Waals surface area contributed by atoms with Crippen molar-refractivity contribution < 1.29 is 22.4 Å². The quantitative estimate of drug-likeness (QED) is 0.730. The zero-order valence-corrected chi connectivity index (χ0v) is 11.4. The summed E-state index contributed by atoms with van der Waals surface area (Å²) in [7, 11) is 0. The monoisotopic (exact) mass is 323 g/mol. The number of imidazole rings is 1. The van der Waals surface area contributed by atoms with E-state index in [-0.39, 0.29) is 11.4 Å². The molecule has 2 aromatic heterocycles. The molecule has 1 N–H and O–H groups in total. The standard InChI is InChI=1S/C15H9F4N3O/c16-10-3-6-13-21-12(8-22(13)7-10)14(23)20-11-4-1-9(2-5-11)15(17,18)19/h1-8H,(H,20,23). The first-order valence-corrected chi connectivity index (χ1v) is 6.46. The Morgan fingerprint density at radius 1 is 1.04 bits per heavy atom. The minimum Gasteiger partial charge on any atom is -0.321 e. The zero-order chi connectivity index (χ0) is 16.6. The topological polar surface area (TPSA) is 46.4 Å². The third-order valence-corrected chi connectivity index (χ3v) is 3.12. The molecule has 2 heterocycles. The Balaban J connectivity index is 1.80. The zero-order valence-electron chi connectivity index (χ0n) is 11.4. The van der Waals surface area contributed by atoms with Crippen LogP contribution in [0.5, 0.6) is 0 Å². The second kappa shape index (κ2) is 5.38. The maximum atomic E-state index is 13.1. The summed E-state index contributed by atoms with van der Waals surface area (Å²) in [5.41, 5.74) is -0.204. The molecule has 8 heteroatoms. The minimum atomic E-state index is -4.44. The molecule has 0 radical (unpaired) electrons. The number of carbonyl (C=O) groups excluding carboxylic acids is 1. The number of nitrogens with zero attached hydrogens (tertiary/aromatic N) is 2. The van der Waals surface area contributed by atoms with Crippen molar-refractivity contribution in [3.8, 4) is 0 Å². The van der Waals surface area contributed by atoms with Gasteiger partial charge in [-0.1, -0.05) is 0 Å². The predicted molar refractivity (Wildman–Crippen MR) is 74.5 cm³/mol. The van der Waals surface area contributed by atoms with E-state index in [1.807, 2.05) is 0 Å². The molecular formula is C15H9F4N3O. The molecule has 118 valence electrons. The lowest BCUT2D eigenvalue weighted by atomic mass is 10.2. The fourth-order valence-corrected chi connectivity index (χ4v) is 2.01. The number of aromatic nitrogens is 2. The highest BCUT2D eigenvalue weighted by Gasteiger charge is 2.30. The van der Waals surface area contributed by atoms with Crippen molar-refractivity contribution in [3.63, 3.8) is 0 Å². The molecular weight excluding hydrogens is 314 g/mol. The summed E-state index contributed by atoms with van der Waals surface area (Å²) in [5, 5.41) is 2.44. The molecule has 0 bridgehead atoms. The van der Waals surface area contributed by atoms with Crippen LogP contribution in [0.2, 0.25) is 0 Å². The lowest BCUT2D eigenvalue weighted by Crippen LogP contribution is -2.12. The Hall–Kier alpha value is -2.90. The van der Waals surface area contributed by atoms with E-state index in [0.29, 0.717) is 5.65 Å². The van der Waals surface area contributed by atoms with E-state index in [9.17, 15) is 22.4 Å². The van der Waals surface area contributed by atoms with E-state index in [2.05, 4.69) is 10.3 Å². The van der Waals surface area contributed by atoms with Gasteiger partial charge in [0.1, 0.15) is 17.2 Å². The first kappa shape index (κ1) is 15.0. The maximum Gasteiger partial charge on any atom is 0.416 e. The Bertz CT molecular complexity index is 869. The number of alkyl halides is 3. The maximum absolute atomic E-state index is 13.1. The van der Waals surface area contributed by atoms with Crippen LogP contribution in [-0.4, -0.2) is 15.3 Å². The van der Waals surface area contributed by atoms with Crippen LogP contribution in [0.4, 0.5) is 23.2 Å². The van der Waals surface area contributed by atoms with Gasteiger partial charge in [0, 0.05) is 18.1 Å². The Morgan fingerprint density at radius 2 is 1.74 bits per heavy atom. The molecule has 0 aliphatic heterocycles. The molecule has 23 heavy (non-hydrogen) atoms. The first-order valence-electron chi connectivity index (χ1n) is 6.46. The van der Waals surface area contributed by atoms with Gasteiger partial charge in [0.25, 0.3) is 5.91 Å². The van der Waals surface area contributed by atoms with E-state index in [4.69, 9.17) is 0 Å². The first-order chi connectivity index (χ1) is 10.8. The van der Waals surface area contributed by atoms with Crippen LogP contribution >= 0.6 is 0 Å². The van der Waals surface area contributed by atoms with Gasteiger partial charge in [-0.25, -0.2) is 9.37 Å². The number of amides is 1. The van der Waals surface area contributed by atoms with Crippen LogP contribution in [0.3, 0.4) is 0 Å². The highest BCUT2D eigenvalue weighted by Crippen LogP contribution is 2.29. The summed E-state index contributed by atoms with van der Waals surface area (Å²) in [6.07, 6.45) is -1.94. The van der Waals surface area contributed by atoms with Crippen LogP contribution in [0.25, 0.3) is 5.65 Å².